The van der Waals surface area contributed by atoms with E-state index in [1.54, 1.807) is 16.6 Å². The number of hydrogen-bond acceptors (Lipinski definition) is 4. The van der Waals surface area contributed by atoms with Crippen molar-refractivity contribution < 1.29 is 23.0 Å². The Morgan fingerprint density at radius 3 is 2.32 bits per heavy atom. The fourth-order valence-electron chi connectivity index (χ4n) is 3.62. The van der Waals surface area contributed by atoms with Gasteiger partial charge < -0.3 is 14.4 Å². The first-order chi connectivity index (χ1) is 16.5. The fraction of sp³-hybridized carbons (Fsp3) is 0.154. The smallest absolute Gasteiger partial charge is 0.387 e. The predicted molar refractivity (Wildman–Crippen MR) is 124 cm³/mol. The van der Waals surface area contributed by atoms with Gasteiger partial charge in [0.15, 0.2) is 11.5 Å². The second-order valence-electron chi connectivity index (χ2n) is 7.55. The fourth-order valence-corrected chi connectivity index (χ4v) is 3.62. The summed E-state index contributed by atoms with van der Waals surface area (Å²) in [4.78, 5) is 14.7. The first-order valence-corrected chi connectivity index (χ1v) is 10.5. The molecule has 1 heterocycles. The van der Waals surface area contributed by atoms with Crippen LogP contribution in [0.1, 0.15) is 15.9 Å². The van der Waals surface area contributed by atoms with Crippen molar-refractivity contribution in [1.82, 2.24) is 14.7 Å². The Morgan fingerprint density at radius 2 is 1.68 bits per heavy atom. The quantitative estimate of drug-likeness (QED) is 0.350. The number of benzene rings is 3. The van der Waals surface area contributed by atoms with Gasteiger partial charge in [0.1, 0.15) is 0 Å². The molecular formula is C26H23F2N3O3. The number of aromatic nitrogens is 2. The van der Waals surface area contributed by atoms with Crippen LogP contribution in [0.25, 0.3) is 16.9 Å². The van der Waals surface area contributed by atoms with Crippen LogP contribution in [0.3, 0.4) is 0 Å². The Bertz CT molecular complexity index is 1260. The standard InChI is InChI=1S/C26H23F2N3O3/c1-30(25(32)19-13-14-22(34-26(27)28)23(15-19)33-2)16-20-17-31(21-11-7-4-8-12-21)29-24(20)18-9-5-3-6-10-18/h3-15,17,26H,16H2,1-2H3. The topological polar surface area (TPSA) is 56.6 Å². The molecule has 4 rings (SSSR count). The normalized spacial score (nSPS) is 10.9. The van der Waals surface area contributed by atoms with Crippen molar-refractivity contribution in [2.75, 3.05) is 14.2 Å². The Kier molecular flexibility index (Phi) is 6.87. The lowest BCUT2D eigenvalue weighted by atomic mass is 10.1. The van der Waals surface area contributed by atoms with E-state index in [-0.39, 0.29) is 29.5 Å². The lowest BCUT2D eigenvalue weighted by Crippen LogP contribution is -2.26. The van der Waals surface area contributed by atoms with Crippen LogP contribution in [0.5, 0.6) is 11.5 Å². The molecule has 0 radical (unpaired) electrons. The van der Waals surface area contributed by atoms with Gasteiger partial charge in [0.2, 0.25) is 0 Å². The molecule has 0 N–H and O–H groups in total. The van der Waals surface area contributed by atoms with E-state index in [4.69, 9.17) is 9.84 Å². The molecule has 34 heavy (non-hydrogen) atoms. The number of ether oxygens (including phenoxy) is 2. The maximum Gasteiger partial charge on any atom is 0.387 e. The van der Waals surface area contributed by atoms with Gasteiger partial charge in [-0.1, -0.05) is 48.5 Å². The average Bonchev–Trinajstić information content (AvgIpc) is 3.28. The summed E-state index contributed by atoms with van der Waals surface area (Å²) >= 11 is 0. The van der Waals surface area contributed by atoms with Crippen LogP contribution in [0.2, 0.25) is 0 Å². The molecule has 8 heteroatoms. The summed E-state index contributed by atoms with van der Waals surface area (Å²) in [6.45, 7) is -2.70. The Morgan fingerprint density at radius 1 is 1.00 bits per heavy atom. The third kappa shape index (κ3) is 5.06. The molecule has 6 nitrogen and oxygen atoms in total. The number of rotatable bonds is 8. The Balaban J connectivity index is 1.63. The molecule has 4 aromatic rings. The minimum Gasteiger partial charge on any atom is -0.493 e. The minimum absolute atomic E-state index is 0.0569. The highest BCUT2D eigenvalue weighted by Crippen LogP contribution is 2.30. The molecule has 0 atom stereocenters. The zero-order valence-electron chi connectivity index (χ0n) is 18.7. The van der Waals surface area contributed by atoms with E-state index in [1.165, 1.54) is 25.3 Å². The largest absolute Gasteiger partial charge is 0.493 e. The number of carbonyl (C=O) groups is 1. The number of carbonyl (C=O) groups excluding carboxylic acids is 1. The Hall–Kier alpha value is -4.20. The van der Waals surface area contributed by atoms with Gasteiger partial charge in [-0.3, -0.25) is 4.79 Å². The van der Waals surface area contributed by atoms with Crippen molar-refractivity contribution in [3.63, 3.8) is 0 Å². The van der Waals surface area contributed by atoms with Gasteiger partial charge in [0.25, 0.3) is 5.91 Å². The van der Waals surface area contributed by atoms with Gasteiger partial charge in [0, 0.05) is 36.5 Å². The maximum atomic E-state index is 13.1. The number of halogens is 2. The molecule has 0 fully saturated rings. The highest BCUT2D eigenvalue weighted by Gasteiger charge is 2.20. The Labute approximate surface area is 196 Å². The zero-order valence-corrected chi connectivity index (χ0v) is 18.7. The summed E-state index contributed by atoms with van der Waals surface area (Å²) in [5.41, 5.74) is 3.75. The molecule has 0 aliphatic carbocycles. The highest BCUT2D eigenvalue weighted by atomic mass is 19.3. The van der Waals surface area contributed by atoms with Crippen molar-refractivity contribution in [3.05, 3.63) is 96.2 Å². The van der Waals surface area contributed by atoms with E-state index in [0.29, 0.717) is 0 Å². The summed E-state index contributed by atoms with van der Waals surface area (Å²) in [5, 5.41) is 4.77. The van der Waals surface area contributed by atoms with Crippen LogP contribution >= 0.6 is 0 Å². The third-order valence-electron chi connectivity index (χ3n) is 5.24. The molecule has 1 amide bonds. The van der Waals surface area contributed by atoms with Crippen molar-refractivity contribution in [3.8, 4) is 28.4 Å². The SMILES string of the molecule is COc1cc(C(=O)N(C)Cc2cn(-c3ccccc3)nc2-c2ccccc2)ccc1OC(F)F. The van der Waals surface area contributed by atoms with Crippen LogP contribution in [0, 0.1) is 0 Å². The number of amides is 1. The second-order valence-corrected chi connectivity index (χ2v) is 7.55. The van der Waals surface area contributed by atoms with Crippen molar-refractivity contribution >= 4 is 5.91 Å². The van der Waals surface area contributed by atoms with Gasteiger partial charge in [-0.05, 0) is 30.3 Å². The van der Waals surface area contributed by atoms with Crippen LogP contribution in [-0.2, 0) is 6.54 Å². The van der Waals surface area contributed by atoms with Gasteiger partial charge in [0.05, 0.1) is 18.5 Å². The van der Waals surface area contributed by atoms with Crippen molar-refractivity contribution in [1.29, 1.82) is 0 Å². The maximum absolute atomic E-state index is 13.1. The van der Waals surface area contributed by atoms with Gasteiger partial charge in [-0.25, -0.2) is 4.68 Å². The lowest BCUT2D eigenvalue weighted by molar-refractivity contribution is -0.0512. The molecule has 0 saturated heterocycles. The zero-order chi connectivity index (χ0) is 24.1. The van der Waals surface area contributed by atoms with E-state index in [0.717, 1.165) is 22.5 Å². The van der Waals surface area contributed by atoms with E-state index in [9.17, 15) is 13.6 Å². The average molecular weight is 463 g/mol. The molecule has 0 bridgehead atoms. The summed E-state index contributed by atoms with van der Waals surface area (Å²) in [5.74, 6) is -0.373. The molecule has 0 spiro atoms. The van der Waals surface area contributed by atoms with Gasteiger partial charge in [-0.2, -0.15) is 13.9 Å². The highest BCUT2D eigenvalue weighted by molar-refractivity contribution is 5.94. The van der Waals surface area contributed by atoms with Crippen molar-refractivity contribution in [2.45, 2.75) is 13.2 Å². The summed E-state index contributed by atoms with van der Waals surface area (Å²) in [6, 6.07) is 23.6. The molecule has 0 saturated carbocycles. The number of nitrogens with zero attached hydrogens (tertiary/aromatic N) is 3. The van der Waals surface area contributed by atoms with Gasteiger partial charge in [-0.15, -0.1) is 0 Å². The number of alkyl halides is 2. The minimum atomic E-state index is -2.99. The summed E-state index contributed by atoms with van der Waals surface area (Å²) in [7, 11) is 3.00. The second kappa shape index (κ2) is 10.2. The van der Waals surface area contributed by atoms with E-state index < -0.39 is 6.61 Å². The first-order valence-electron chi connectivity index (χ1n) is 10.5. The van der Waals surface area contributed by atoms with Crippen molar-refractivity contribution in [2.24, 2.45) is 0 Å². The number of hydrogen-bond donors (Lipinski definition) is 0. The van der Waals surface area contributed by atoms with E-state index >= 15 is 0 Å². The first kappa shape index (κ1) is 23.0. The third-order valence-corrected chi connectivity index (χ3v) is 5.24. The monoisotopic (exact) mass is 463 g/mol. The number of para-hydroxylation sites is 1. The molecule has 0 unspecified atom stereocenters. The van der Waals surface area contributed by atoms with Gasteiger partial charge >= 0.3 is 6.61 Å². The summed E-state index contributed by atoms with van der Waals surface area (Å²) < 4.78 is 36.6. The van der Waals surface area contributed by atoms with E-state index in [1.807, 2.05) is 66.9 Å². The van der Waals surface area contributed by atoms with Crippen LogP contribution in [0.4, 0.5) is 8.78 Å². The molecule has 0 aliphatic heterocycles. The molecule has 174 valence electrons. The molecule has 1 aromatic heterocycles. The molecular weight excluding hydrogens is 440 g/mol. The van der Waals surface area contributed by atoms with Crippen LogP contribution in [-0.4, -0.2) is 41.4 Å². The molecule has 3 aromatic carbocycles. The van der Waals surface area contributed by atoms with Crippen LogP contribution in [0.15, 0.2) is 85.1 Å². The van der Waals surface area contributed by atoms with E-state index in [2.05, 4.69) is 4.74 Å². The summed E-state index contributed by atoms with van der Waals surface area (Å²) in [6.07, 6.45) is 1.90. The predicted octanol–water partition coefficient (Wildman–Crippen LogP) is 5.42. The number of methoxy groups -OCH3 is 1. The molecule has 0 aliphatic rings. The van der Waals surface area contributed by atoms with Crippen LogP contribution < -0.4 is 9.47 Å². The lowest BCUT2D eigenvalue weighted by Gasteiger charge is -2.18.